The molecule has 1 saturated heterocycles. The van der Waals surface area contributed by atoms with E-state index in [1.807, 2.05) is 0 Å². The van der Waals surface area contributed by atoms with E-state index in [0.29, 0.717) is 17.2 Å². The highest BCUT2D eigenvalue weighted by atomic mass is 35.5. The first-order chi connectivity index (χ1) is 9.80. The van der Waals surface area contributed by atoms with Crippen LogP contribution in [0.4, 0.5) is 0 Å². The molecule has 3 rings (SSSR count). The highest BCUT2D eigenvalue weighted by Gasteiger charge is 2.57. The zero-order valence-electron chi connectivity index (χ0n) is 13.2. The van der Waals surface area contributed by atoms with Crippen LogP contribution < -0.4 is 10.6 Å². The number of hydrogen-bond donors (Lipinski definition) is 2. The van der Waals surface area contributed by atoms with Crippen molar-refractivity contribution in [3.05, 3.63) is 0 Å². The van der Waals surface area contributed by atoms with Crippen molar-refractivity contribution in [2.45, 2.75) is 64.2 Å². The minimum atomic E-state index is 0. The summed E-state index contributed by atoms with van der Waals surface area (Å²) in [4.78, 5) is 12.2. The number of piperidine rings is 1. The fourth-order valence-corrected chi connectivity index (χ4v) is 4.39. The van der Waals surface area contributed by atoms with E-state index < -0.39 is 0 Å². The molecular weight excluding hydrogens is 284 g/mol. The van der Waals surface area contributed by atoms with Gasteiger partial charge in [0, 0.05) is 12.5 Å². The van der Waals surface area contributed by atoms with Crippen LogP contribution in [0.3, 0.4) is 0 Å². The largest absolute Gasteiger partial charge is 0.356 e. The monoisotopic (exact) mass is 314 g/mol. The van der Waals surface area contributed by atoms with Crippen LogP contribution in [-0.2, 0) is 4.79 Å². The van der Waals surface area contributed by atoms with Crippen LogP contribution in [0.25, 0.3) is 0 Å². The Morgan fingerprint density at radius 2 is 1.86 bits per heavy atom. The van der Waals surface area contributed by atoms with Gasteiger partial charge in [-0.1, -0.05) is 38.5 Å². The molecule has 2 aliphatic carbocycles. The third-order valence-corrected chi connectivity index (χ3v) is 5.92. The number of nitrogens with one attached hydrogen (secondary N) is 2. The van der Waals surface area contributed by atoms with Crippen molar-refractivity contribution in [1.82, 2.24) is 10.6 Å². The topological polar surface area (TPSA) is 41.1 Å². The Balaban J connectivity index is 0.00000161. The maximum absolute atomic E-state index is 12.2. The lowest BCUT2D eigenvalue weighted by Crippen LogP contribution is -2.34. The number of unbranched alkanes of at least 4 members (excludes halogenated alkanes) is 1. The van der Waals surface area contributed by atoms with Gasteiger partial charge < -0.3 is 10.6 Å². The van der Waals surface area contributed by atoms with Gasteiger partial charge in [0.25, 0.3) is 0 Å². The Hall–Kier alpha value is -0.280. The lowest BCUT2D eigenvalue weighted by molar-refractivity contribution is -0.123. The molecule has 0 radical (unpaired) electrons. The maximum Gasteiger partial charge on any atom is 0.223 e. The standard InChI is InChI=1S/C17H30N2O.ClH/c20-16(15-13-17(15)8-11-18-12-9-17)19-10-4-3-7-14-5-1-2-6-14;/h14-15,18H,1-13H2,(H,19,20);1H. The van der Waals surface area contributed by atoms with Crippen LogP contribution in [-0.4, -0.2) is 25.5 Å². The molecule has 1 heterocycles. The quantitative estimate of drug-likeness (QED) is 0.739. The number of carbonyl (C=O) groups excluding carboxylic acids is 1. The third-order valence-electron chi connectivity index (χ3n) is 5.92. The summed E-state index contributed by atoms with van der Waals surface area (Å²) >= 11 is 0. The van der Waals surface area contributed by atoms with E-state index in [1.54, 1.807) is 0 Å². The second kappa shape index (κ2) is 7.82. The molecule has 0 aromatic rings. The van der Waals surface area contributed by atoms with Gasteiger partial charge in [0.05, 0.1) is 0 Å². The van der Waals surface area contributed by atoms with Gasteiger partial charge >= 0.3 is 0 Å². The Bertz CT molecular complexity index is 336. The summed E-state index contributed by atoms with van der Waals surface area (Å²) in [6.07, 6.45) is 13.2. The molecule has 3 nitrogen and oxygen atoms in total. The molecule has 0 bridgehead atoms. The fourth-order valence-electron chi connectivity index (χ4n) is 4.39. The Kier molecular flexibility index (Phi) is 6.36. The first-order valence-electron chi connectivity index (χ1n) is 8.79. The second-order valence-corrected chi connectivity index (χ2v) is 7.31. The van der Waals surface area contributed by atoms with E-state index in [4.69, 9.17) is 0 Å². The molecule has 4 heteroatoms. The maximum atomic E-state index is 12.2. The predicted octanol–water partition coefficient (Wildman–Crippen LogP) is 3.27. The molecule has 0 aromatic carbocycles. The summed E-state index contributed by atoms with van der Waals surface area (Å²) in [7, 11) is 0. The van der Waals surface area contributed by atoms with Gasteiger partial charge in [-0.25, -0.2) is 0 Å². The smallest absolute Gasteiger partial charge is 0.223 e. The number of halogens is 1. The van der Waals surface area contributed by atoms with E-state index in [0.717, 1.165) is 32.0 Å². The minimum absolute atomic E-state index is 0. The minimum Gasteiger partial charge on any atom is -0.356 e. The average Bonchev–Trinajstić information content (AvgIpc) is 2.92. The summed E-state index contributed by atoms with van der Waals surface area (Å²) in [6, 6.07) is 0. The molecule has 21 heavy (non-hydrogen) atoms. The number of hydrogen-bond acceptors (Lipinski definition) is 2. The molecule has 1 aliphatic heterocycles. The zero-order chi connectivity index (χ0) is 13.8. The molecule has 1 unspecified atom stereocenters. The van der Waals surface area contributed by atoms with Crippen molar-refractivity contribution in [3.63, 3.8) is 0 Å². The first-order valence-corrected chi connectivity index (χ1v) is 8.79. The summed E-state index contributed by atoms with van der Waals surface area (Å²) in [6.45, 7) is 3.10. The summed E-state index contributed by atoms with van der Waals surface area (Å²) in [5, 5.41) is 6.58. The molecule has 1 atom stereocenters. The van der Waals surface area contributed by atoms with Gasteiger partial charge in [-0.3, -0.25) is 4.79 Å². The fraction of sp³-hybridized carbons (Fsp3) is 0.941. The molecule has 2 saturated carbocycles. The highest BCUT2D eigenvalue weighted by Crippen LogP contribution is 2.58. The van der Waals surface area contributed by atoms with Crippen LogP contribution in [0.15, 0.2) is 0 Å². The average molecular weight is 315 g/mol. The summed E-state index contributed by atoms with van der Waals surface area (Å²) in [5.74, 6) is 1.67. The van der Waals surface area contributed by atoms with E-state index in [1.165, 1.54) is 57.8 Å². The van der Waals surface area contributed by atoms with Crippen LogP contribution in [0.2, 0.25) is 0 Å². The lowest BCUT2D eigenvalue weighted by atomic mass is 9.92. The number of rotatable bonds is 6. The zero-order valence-corrected chi connectivity index (χ0v) is 14.0. The Morgan fingerprint density at radius 3 is 2.57 bits per heavy atom. The van der Waals surface area contributed by atoms with E-state index in [2.05, 4.69) is 10.6 Å². The van der Waals surface area contributed by atoms with Crippen molar-refractivity contribution in [2.24, 2.45) is 17.3 Å². The van der Waals surface area contributed by atoms with Crippen molar-refractivity contribution >= 4 is 18.3 Å². The molecule has 0 aromatic heterocycles. The van der Waals surface area contributed by atoms with Crippen LogP contribution >= 0.6 is 12.4 Å². The van der Waals surface area contributed by atoms with Gasteiger partial charge in [0.15, 0.2) is 0 Å². The number of amides is 1. The normalized spacial score (nSPS) is 27.3. The van der Waals surface area contributed by atoms with Gasteiger partial charge in [-0.15, -0.1) is 12.4 Å². The van der Waals surface area contributed by atoms with Crippen molar-refractivity contribution in [2.75, 3.05) is 19.6 Å². The first kappa shape index (κ1) is 17.1. The molecular formula is C17H31ClN2O. The molecule has 122 valence electrons. The third kappa shape index (κ3) is 4.35. The highest BCUT2D eigenvalue weighted by molar-refractivity contribution is 5.85. The van der Waals surface area contributed by atoms with Crippen molar-refractivity contribution in [1.29, 1.82) is 0 Å². The van der Waals surface area contributed by atoms with Crippen LogP contribution in [0.1, 0.15) is 64.2 Å². The lowest BCUT2D eigenvalue weighted by Gasteiger charge is -2.23. The number of carbonyl (C=O) groups is 1. The van der Waals surface area contributed by atoms with Gasteiger partial charge in [0.2, 0.25) is 5.91 Å². The molecule has 3 aliphatic rings. The summed E-state index contributed by atoms with van der Waals surface area (Å²) in [5.41, 5.74) is 0.388. The van der Waals surface area contributed by atoms with E-state index in [9.17, 15) is 4.79 Å². The van der Waals surface area contributed by atoms with E-state index in [-0.39, 0.29) is 12.4 Å². The summed E-state index contributed by atoms with van der Waals surface area (Å²) < 4.78 is 0. The van der Waals surface area contributed by atoms with Crippen molar-refractivity contribution < 1.29 is 4.79 Å². The van der Waals surface area contributed by atoms with Gasteiger partial charge in [-0.05, 0) is 50.1 Å². The van der Waals surface area contributed by atoms with E-state index >= 15 is 0 Å². The van der Waals surface area contributed by atoms with Crippen LogP contribution in [0, 0.1) is 17.3 Å². The SMILES string of the molecule is Cl.O=C(NCCCCC1CCCC1)C1CC12CCNCC2. The van der Waals surface area contributed by atoms with Gasteiger partial charge in [-0.2, -0.15) is 0 Å². The molecule has 1 amide bonds. The molecule has 1 spiro atoms. The van der Waals surface area contributed by atoms with Crippen LogP contribution in [0.5, 0.6) is 0 Å². The molecule has 2 N–H and O–H groups in total. The Labute approximate surface area is 135 Å². The van der Waals surface area contributed by atoms with Crippen molar-refractivity contribution in [3.8, 4) is 0 Å². The second-order valence-electron chi connectivity index (χ2n) is 7.31. The van der Waals surface area contributed by atoms with Gasteiger partial charge in [0.1, 0.15) is 0 Å². The predicted molar refractivity (Wildman–Crippen MR) is 88.7 cm³/mol. The molecule has 3 fully saturated rings. The Morgan fingerprint density at radius 1 is 1.14 bits per heavy atom.